The van der Waals surface area contributed by atoms with Crippen molar-refractivity contribution in [1.29, 1.82) is 0 Å². The summed E-state index contributed by atoms with van der Waals surface area (Å²) >= 11 is 0. The Labute approximate surface area is 70.0 Å². The van der Waals surface area contributed by atoms with Crippen LogP contribution in [0.1, 0.15) is 6.42 Å². The Kier molecular flexibility index (Phi) is 3.30. The molecule has 0 saturated heterocycles. The minimum atomic E-state index is -0.707. The SMILES string of the molecule is CS(=O)CC1=CC=CC=CC1. The molecule has 1 aliphatic rings. The normalized spacial score (nSPS) is 19.2. The first-order chi connectivity index (χ1) is 5.29. The first-order valence-electron chi connectivity index (χ1n) is 3.60. The van der Waals surface area contributed by atoms with Gasteiger partial charge in [-0.2, -0.15) is 0 Å². The summed E-state index contributed by atoms with van der Waals surface area (Å²) in [5.41, 5.74) is 1.25. The topological polar surface area (TPSA) is 17.1 Å². The number of hydrogen-bond donors (Lipinski definition) is 0. The molecule has 1 unspecified atom stereocenters. The van der Waals surface area contributed by atoms with Crippen molar-refractivity contribution in [3.05, 3.63) is 36.0 Å². The van der Waals surface area contributed by atoms with Crippen LogP contribution in [0.5, 0.6) is 0 Å². The van der Waals surface area contributed by atoms with Crippen molar-refractivity contribution in [3.63, 3.8) is 0 Å². The van der Waals surface area contributed by atoms with E-state index in [-0.39, 0.29) is 0 Å². The van der Waals surface area contributed by atoms with E-state index in [2.05, 4.69) is 6.08 Å². The predicted molar refractivity (Wildman–Crippen MR) is 49.9 cm³/mol. The summed E-state index contributed by atoms with van der Waals surface area (Å²) in [7, 11) is -0.707. The van der Waals surface area contributed by atoms with E-state index < -0.39 is 10.8 Å². The van der Waals surface area contributed by atoms with Gasteiger partial charge >= 0.3 is 0 Å². The van der Waals surface area contributed by atoms with Gasteiger partial charge in [0.2, 0.25) is 0 Å². The van der Waals surface area contributed by atoms with Gasteiger partial charge in [0.1, 0.15) is 0 Å². The first-order valence-corrected chi connectivity index (χ1v) is 5.33. The average molecular weight is 168 g/mol. The Morgan fingerprint density at radius 1 is 1.45 bits per heavy atom. The van der Waals surface area contributed by atoms with Crippen molar-refractivity contribution < 1.29 is 4.21 Å². The molecule has 0 aromatic heterocycles. The third-order valence-corrected chi connectivity index (χ3v) is 2.24. The van der Waals surface area contributed by atoms with E-state index in [0.717, 1.165) is 6.42 Å². The van der Waals surface area contributed by atoms with E-state index in [9.17, 15) is 4.21 Å². The van der Waals surface area contributed by atoms with E-state index in [0.29, 0.717) is 5.75 Å². The zero-order valence-electron chi connectivity index (χ0n) is 6.62. The van der Waals surface area contributed by atoms with Crippen molar-refractivity contribution in [2.45, 2.75) is 6.42 Å². The van der Waals surface area contributed by atoms with Gasteiger partial charge in [-0.3, -0.25) is 4.21 Å². The zero-order valence-corrected chi connectivity index (χ0v) is 7.43. The van der Waals surface area contributed by atoms with Crippen LogP contribution in [-0.4, -0.2) is 16.2 Å². The fraction of sp³-hybridized carbons (Fsp3) is 0.333. The Hall–Kier alpha value is -0.630. The molecule has 0 amide bonds. The third-order valence-electron chi connectivity index (χ3n) is 1.46. The van der Waals surface area contributed by atoms with E-state index in [1.165, 1.54) is 5.57 Å². The third kappa shape index (κ3) is 3.33. The van der Waals surface area contributed by atoms with Gasteiger partial charge in [0, 0.05) is 22.8 Å². The maximum absolute atomic E-state index is 10.8. The molecule has 0 bridgehead atoms. The molecule has 11 heavy (non-hydrogen) atoms. The summed E-state index contributed by atoms with van der Waals surface area (Å²) in [5.74, 6) is 0.703. The zero-order chi connectivity index (χ0) is 8.10. The summed E-state index contributed by atoms with van der Waals surface area (Å²) in [6.45, 7) is 0. The lowest BCUT2D eigenvalue weighted by molar-refractivity contribution is 0.688. The summed E-state index contributed by atoms with van der Waals surface area (Å²) < 4.78 is 10.8. The highest BCUT2D eigenvalue weighted by molar-refractivity contribution is 7.84. The van der Waals surface area contributed by atoms with Crippen molar-refractivity contribution >= 4 is 10.8 Å². The fourth-order valence-corrected chi connectivity index (χ4v) is 1.73. The molecule has 0 spiro atoms. The molecule has 1 rings (SSSR count). The molecule has 60 valence electrons. The molecule has 0 aromatic rings. The molecule has 0 aliphatic heterocycles. The number of allylic oxidation sites excluding steroid dienone is 5. The molecule has 2 heteroatoms. The lowest BCUT2D eigenvalue weighted by Gasteiger charge is -1.98. The quantitative estimate of drug-likeness (QED) is 0.614. The largest absolute Gasteiger partial charge is 0.260 e. The van der Waals surface area contributed by atoms with E-state index in [4.69, 9.17) is 0 Å². The van der Waals surface area contributed by atoms with Crippen LogP contribution < -0.4 is 0 Å². The van der Waals surface area contributed by atoms with Gasteiger partial charge in [0.25, 0.3) is 0 Å². The maximum atomic E-state index is 10.8. The average Bonchev–Trinajstić information content (AvgIpc) is 2.14. The standard InChI is InChI=1S/C9H12OS/c1-11(10)8-9-6-4-2-3-5-7-9/h2-6H,7-8H2,1H3. The second-order valence-electron chi connectivity index (χ2n) is 2.56. The van der Waals surface area contributed by atoms with Gasteiger partial charge in [-0.25, -0.2) is 0 Å². The summed E-state index contributed by atoms with van der Waals surface area (Å²) in [4.78, 5) is 0. The molecule has 1 atom stereocenters. The Balaban J connectivity index is 2.57. The van der Waals surface area contributed by atoms with E-state index in [1.807, 2.05) is 24.3 Å². The molecule has 1 aliphatic carbocycles. The molecule has 0 aromatic carbocycles. The van der Waals surface area contributed by atoms with Crippen LogP contribution in [-0.2, 0) is 10.8 Å². The molecule has 0 heterocycles. The summed E-state index contributed by atoms with van der Waals surface area (Å²) in [6, 6.07) is 0. The maximum Gasteiger partial charge on any atom is 0.0448 e. The predicted octanol–water partition coefficient (Wildman–Crippen LogP) is 1.81. The number of rotatable bonds is 2. The first kappa shape index (κ1) is 8.47. The highest BCUT2D eigenvalue weighted by Gasteiger charge is 1.97. The Morgan fingerprint density at radius 3 is 3.00 bits per heavy atom. The Morgan fingerprint density at radius 2 is 2.27 bits per heavy atom. The monoisotopic (exact) mass is 168 g/mol. The minimum absolute atomic E-state index is 0.703. The van der Waals surface area contributed by atoms with Crippen LogP contribution in [0.25, 0.3) is 0 Å². The van der Waals surface area contributed by atoms with Crippen LogP contribution in [0.3, 0.4) is 0 Å². The van der Waals surface area contributed by atoms with Gasteiger partial charge in [0.15, 0.2) is 0 Å². The number of hydrogen-bond acceptors (Lipinski definition) is 1. The van der Waals surface area contributed by atoms with Crippen molar-refractivity contribution in [3.8, 4) is 0 Å². The molecule has 0 N–H and O–H groups in total. The smallest absolute Gasteiger partial charge is 0.0448 e. The lowest BCUT2D eigenvalue weighted by atomic mass is 10.2. The van der Waals surface area contributed by atoms with Crippen LogP contribution in [0, 0.1) is 0 Å². The van der Waals surface area contributed by atoms with Crippen LogP contribution >= 0.6 is 0 Å². The van der Waals surface area contributed by atoms with Gasteiger partial charge in [-0.1, -0.05) is 36.0 Å². The van der Waals surface area contributed by atoms with Crippen LogP contribution in [0.15, 0.2) is 36.0 Å². The van der Waals surface area contributed by atoms with Gasteiger partial charge < -0.3 is 0 Å². The van der Waals surface area contributed by atoms with Gasteiger partial charge in [-0.05, 0) is 6.42 Å². The van der Waals surface area contributed by atoms with Gasteiger partial charge in [0.05, 0.1) is 0 Å². The molecular formula is C9H12OS. The highest BCUT2D eigenvalue weighted by atomic mass is 32.2. The molecule has 0 saturated carbocycles. The molecule has 0 radical (unpaired) electrons. The minimum Gasteiger partial charge on any atom is -0.260 e. The van der Waals surface area contributed by atoms with E-state index in [1.54, 1.807) is 6.26 Å². The van der Waals surface area contributed by atoms with Crippen LogP contribution in [0.2, 0.25) is 0 Å². The van der Waals surface area contributed by atoms with Crippen molar-refractivity contribution in [1.82, 2.24) is 0 Å². The Bertz CT molecular complexity index is 236. The summed E-state index contributed by atoms with van der Waals surface area (Å²) in [5, 5.41) is 0. The summed E-state index contributed by atoms with van der Waals surface area (Å²) in [6.07, 6.45) is 12.8. The van der Waals surface area contributed by atoms with Gasteiger partial charge in [-0.15, -0.1) is 0 Å². The van der Waals surface area contributed by atoms with Crippen LogP contribution in [0.4, 0.5) is 0 Å². The second kappa shape index (κ2) is 4.29. The van der Waals surface area contributed by atoms with E-state index >= 15 is 0 Å². The second-order valence-corrected chi connectivity index (χ2v) is 3.99. The van der Waals surface area contributed by atoms with Crippen molar-refractivity contribution in [2.75, 3.05) is 12.0 Å². The molecular weight excluding hydrogens is 156 g/mol. The molecule has 1 nitrogen and oxygen atoms in total. The molecule has 0 fully saturated rings. The lowest BCUT2D eigenvalue weighted by Crippen LogP contribution is -1.96. The highest BCUT2D eigenvalue weighted by Crippen LogP contribution is 2.07. The fourth-order valence-electron chi connectivity index (χ4n) is 0.990. The van der Waals surface area contributed by atoms with Crippen molar-refractivity contribution in [2.24, 2.45) is 0 Å².